The molecule has 0 bridgehead atoms. The van der Waals surface area contributed by atoms with Crippen LogP contribution in [0.2, 0.25) is 0 Å². The second kappa shape index (κ2) is 8.27. The minimum absolute atomic E-state index is 0.00502. The lowest BCUT2D eigenvalue weighted by Gasteiger charge is -2.27. The quantitative estimate of drug-likeness (QED) is 0.664. The third-order valence-corrected chi connectivity index (χ3v) is 4.72. The highest BCUT2D eigenvalue weighted by molar-refractivity contribution is 6.03. The van der Waals surface area contributed by atoms with E-state index in [9.17, 15) is 9.18 Å². The standard InChI is InChI=1S/C20H20FN5O3/c1-28-18-6-7-22-9-13(18)11-26-12-14(10-23-26)24-20(27)17-8-19(29-25-17)15-4-2-3-5-16(15)21/h2-8,10,12-13,18,22H,9,11H2,1H3,(H,24,27). The van der Waals surface area contributed by atoms with E-state index in [0.717, 1.165) is 6.54 Å². The zero-order chi connectivity index (χ0) is 20.2. The Bertz CT molecular complexity index is 1030. The van der Waals surface area contributed by atoms with Crippen molar-refractivity contribution in [2.45, 2.75) is 12.6 Å². The summed E-state index contributed by atoms with van der Waals surface area (Å²) in [7, 11) is 1.68. The van der Waals surface area contributed by atoms with Gasteiger partial charge in [-0.1, -0.05) is 17.3 Å². The van der Waals surface area contributed by atoms with E-state index in [0.29, 0.717) is 12.2 Å². The lowest BCUT2D eigenvalue weighted by Crippen LogP contribution is -2.36. The Hall–Kier alpha value is -3.46. The Morgan fingerprint density at radius 2 is 2.31 bits per heavy atom. The van der Waals surface area contributed by atoms with E-state index < -0.39 is 11.7 Å². The maximum atomic E-state index is 13.9. The van der Waals surface area contributed by atoms with Crippen LogP contribution in [0.3, 0.4) is 0 Å². The first kappa shape index (κ1) is 18.9. The average Bonchev–Trinajstić information content (AvgIpc) is 3.39. The molecule has 2 N–H and O–H groups in total. The van der Waals surface area contributed by atoms with Crippen molar-refractivity contribution >= 4 is 11.6 Å². The van der Waals surface area contributed by atoms with E-state index in [-0.39, 0.29) is 29.0 Å². The maximum absolute atomic E-state index is 13.9. The van der Waals surface area contributed by atoms with Crippen LogP contribution in [-0.2, 0) is 11.3 Å². The summed E-state index contributed by atoms with van der Waals surface area (Å²) >= 11 is 0. The number of ether oxygens (including phenoxy) is 1. The van der Waals surface area contributed by atoms with Gasteiger partial charge in [-0.25, -0.2) is 4.39 Å². The van der Waals surface area contributed by atoms with Gasteiger partial charge in [-0.2, -0.15) is 5.10 Å². The summed E-state index contributed by atoms with van der Waals surface area (Å²) in [6.07, 6.45) is 7.15. The number of halogens is 1. The number of rotatable bonds is 6. The van der Waals surface area contributed by atoms with Gasteiger partial charge in [0.15, 0.2) is 11.5 Å². The maximum Gasteiger partial charge on any atom is 0.277 e. The van der Waals surface area contributed by atoms with Gasteiger partial charge >= 0.3 is 0 Å². The highest BCUT2D eigenvalue weighted by atomic mass is 19.1. The fourth-order valence-corrected chi connectivity index (χ4v) is 3.23. The zero-order valence-electron chi connectivity index (χ0n) is 15.7. The highest BCUT2D eigenvalue weighted by Crippen LogP contribution is 2.23. The van der Waals surface area contributed by atoms with Gasteiger partial charge in [0.25, 0.3) is 5.91 Å². The lowest BCUT2D eigenvalue weighted by molar-refractivity contribution is 0.0755. The van der Waals surface area contributed by atoms with Crippen molar-refractivity contribution in [3.05, 3.63) is 66.5 Å². The molecule has 4 rings (SSSR count). The largest absolute Gasteiger partial charge is 0.391 e. The summed E-state index contributed by atoms with van der Waals surface area (Å²) < 4.78 is 26.2. The molecule has 150 valence electrons. The normalized spacial score (nSPS) is 18.4. The van der Waals surface area contributed by atoms with Gasteiger partial charge in [0.2, 0.25) is 0 Å². The topological polar surface area (TPSA) is 94.2 Å². The molecular formula is C20H20FN5O3. The molecule has 0 aliphatic carbocycles. The van der Waals surface area contributed by atoms with Crippen LogP contribution in [0.25, 0.3) is 11.3 Å². The number of amides is 1. The van der Waals surface area contributed by atoms with E-state index in [4.69, 9.17) is 9.26 Å². The fourth-order valence-electron chi connectivity index (χ4n) is 3.23. The molecule has 29 heavy (non-hydrogen) atoms. The van der Waals surface area contributed by atoms with E-state index in [1.54, 1.807) is 42.4 Å². The predicted octanol–water partition coefficient (Wildman–Crippen LogP) is 2.68. The molecule has 8 nitrogen and oxygen atoms in total. The van der Waals surface area contributed by atoms with Gasteiger partial charge in [-0.05, 0) is 24.4 Å². The smallest absolute Gasteiger partial charge is 0.277 e. The number of methoxy groups -OCH3 is 1. The predicted molar refractivity (Wildman–Crippen MR) is 104 cm³/mol. The highest BCUT2D eigenvalue weighted by Gasteiger charge is 2.22. The van der Waals surface area contributed by atoms with E-state index >= 15 is 0 Å². The first-order valence-corrected chi connectivity index (χ1v) is 9.12. The molecule has 1 amide bonds. The van der Waals surface area contributed by atoms with Crippen LogP contribution >= 0.6 is 0 Å². The van der Waals surface area contributed by atoms with Crippen molar-refractivity contribution in [2.75, 3.05) is 19.0 Å². The summed E-state index contributed by atoms with van der Waals surface area (Å²) in [5.74, 6) is -0.508. The van der Waals surface area contributed by atoms with Crippen LogP contribution < -0.4 is 10.6 Å². The molecule has 1 aromatic carbocycles. The molecule has 3 aromatic rings. The molecule has 9 heteroatoms. The van der Waals surface area contributed by atoms with Gasteiger partial charge < -0.3 is 19.9 Å². The van der Waals surface area contributed by atoms with Crippen LogP contribution in [-0.4, -0.2) is 40.6 Å². The number of nitrogens with zero attached hydrogens (tertiary/aromatic N) is 3. The molecule has 0 radical (unpaired) electrons. The van der Waals surface area contributed by atoms with Gasteiger partial charge in [0.05, 0.1) is 23.6 Å². The van der Waals surface area contributed by atoms with Crippen molar-refractivity contribution in [3.8, 4) is 11.3 Å². The van der Waals surface area contributed by atoms with Gasteiger partial charge in [-0.15, -0.1) is 0 Å². The number of nitrogens with one attached hydrogen (secondary N) is 2. The zero-order valence-corrected chi connectivity index (χ0v) is 15.7. The SMILES string of the molecule is COC1C=CNCC1Cn1cc(NC(=O)c2cc(-c3ccccc3F)on2)cn1. The summed E-state index contributed by atoms with van der Waals surface area (Å²) in [5.41, 5.74) is 0.825. The molecule has 3 heterocycles. The van der Waals surface area contributed by atoms with Crippen molar-refractivity contribution in [1.82, 2.24) is 20.3 Å². The Balaban J connectivity index is 1.41. The van der Waals surface area contributed by atoms with Gasteiger partial charge in [0.1, 0.15) is 5.82 Å². The van der Waals surface area contributed by atoms with E-state index in [1.807, 2.05) is 12.3 Å². The summed E-state index contributed by atoms with van der Waals surface area (Å²) in [6, 6.07) is 7.54. The third kappa shape index (κ3) is 4.19. The van der Waals surface area contributed by atoms with Crippen LogP contribution in [0.15, 0.2) is 59.5 Å². The number of carbonyl (C=O) groups excluding carboxylic acids is 1. The first-order chi connectivity index (χ1) is 14.1. The minimum atomic E-state index is -0.465. The van der Waals surface area contributed by atoms with Crippen LogP contribution in [0.5, 0.6) is 0 Å². The minimum Gasteiger partial charge on any atom is -0.391 e. The molecule has 2 aromatic heterocycles. The van der Waals surface area contributed by atoms with Crippen molar-refractivity contribution in [3.63, 3.8) is 0 Å². The second-order valence-corrected chi connectivity index (χ2v) is 6.69. The molecule has 0 saturated carbocycles. The molecule has 0 fully saturated rings. The molecular weight excluding hydrogens is 377 g/mol. The number of carbonyl (C=O) groups is 1. The number of hydrogen-bond acceptors (Lipinski definition) is 6. The Kier molecular flexibility index (Phi) is 5.39. The third-order valence-electron chi connectivity index (χ3n) is 4.72. The number of benzene rings is 1. The first-order valence-electron chi connectivity index (χ1n) is 9.12. The van der Waals surface area contributed by atoms with Crippen LogP contribution in [0.4, 0.5) is 10.1 Å². The Morgan fingerprint density at radius 3 is 3.14 bits per heavy atom. The molecule has 1 aliphatic rings. The number of anilines is 1. The van der Waals surface area contributed by atoms with Crippen LogP contribution in [0.1, 0.15) is 10.5 Å². The Morgan fingerprint density at radius 1 is 1.45 bits per heavy atom. The Labute approximate surface area is 166 Å². The lowest BCUT2D eigenvalue weighted by atomic mass is 10.00. The van der Waals surface area contributed by atoms with Crippen molar-refractivity contribution in [2.24, 2.45) is 5.92 Å². The summed E-state index contributed by atoms with van der Waals surface area (Å²) in [5, 5.41) is 13.9. The van der Waals surface area contributed by atoms with Crippen molar-refractivity contribution < 1.29 is 18.4 Å². The van der Waals surface area contributed by atoms with Gasteiger partial charge in [0, 0.05) is 38.4 Å². The molecule has 0 saturated heterocycles. The van der Waals surface area contributed by atoms with E-state index in [2.05, 4.69) is 20.9 Å². The molecule has 2 atom stereocenters. The molecule has 0 spiro atoms. The number of aromatic nitrogens is 3. The summed E-state index contributed by atoms with van der Waals surface area (Å²) in [6.45, 7) is 1.40. The van der Waals surface area contributed by atoms with Crippen LogP contribution in [0, 0.1) is 11.7 Å². The summed E-state index contributed by atoms with van der Waals surface area (Å²) in [4.78, 5) is 12.4. The molecule has 1 aliphatic heterocycles. The van der Waals surface area contributed by atoms with Crippen molar-refractivity contribution in [1.29, 1.82) is 0 Å². The average molecular weight is 397 g/mol. The fraction of sp³-hybridized carbons (Fsp3) is 0.250. The molecule has 2 unspecified atom stereocenters. The van der Waals surface area contributed by atoms with E-state index in [1.165, 1.54) is 12.1 Å². The second-order valence-electron chi connectivity index (χ2n) is 6.69. The monoisotopic (exact) mass is 397 g/mol. The van der Waals surface area contributed by atoms with Gasteiger partial charge in [-0.3, -0.25) is 9.48 Å². The number of hydrogen-bond donors (Lipinski definition) is 2.